The Labute approximate surface area is 147 Å². The molecule has 1 saturated heterocycles. The minimum Gasteiger partial charge on any atom is -0.478 e. The van der Waals surface area contributed by atoms with Crippen LogP contribution in [0.25, 0.3) is 0 Å². The van der Waals surface area contributed by atoms with Gasteiger partial charge in [-0.15, -0.1) is 0 Å². The summed E-state index contributed by atoms with van der Waals surface area (Å²) in [7, 11) is 0. The van der Waals surface area contributed by atoms with Crippen LogP contribution < -0.4 is 10.1 Å². The second kappa shape index (κ2) is 8.53. The molecular formula is C18H23N5O2. The summed E-state index contributed by atoms with van der Waals surface area (Å²) in [5.74, 6) is 0.500. The molecule has 0 radical (unpaired) electrons. The molecular weight excluding hydrogens is 318 g/mol. The van der Waals surface area contributed by atoms with Crippen molar-refractivity contribution < 1.29 is 9.53 Å². The smallest absolute Gasteiger partial charge is 0.271 e. The van der Waals surface area contributed by atoms with E-state index in [1.807, 2.05) is 18.3 Å². The van der Waals surface area contributed by atoms with Gasteiger partial charge in [0.1, 0.15) is 5.69 Å². The Hall–Kier alpha value is -2.54. The Kier molecular flexibility index (Phi) is 5.90. The average Bonchev–Trinajstić information content (AvgIpc) is 3.08. The molecule has 132 valence electrons. The number of likely N-dealkylation sites (tertiary alicyclic amines) is 1. The molecule has 0 aliphatic carbocycles. The fourth-order valence-electron chi connectivity index (χ4n) is 2.82. The number of pyridine rings is 1. The predicted octanol–water partition coefficient (Wildman–Crippen LogP) is 1.66. The van der Waals surface area contributed by atoms with Gasteiger partial charge >= 0.3 is 0 Å². The summed E-state index contributed by atoms with van der Waals surface area (Å²) in [6.07, 6.45) is 8.32. The van der Waals surface area contributed by atoms with Gasteiger partial charge in [-0.1, -0.05) is 13.0 Å². The van der Waals surface area contributed by atoms with Crippen LogP contribution in [0.1, 0.15) is 35.8 Å². The molecule has 1 unspecified atom stereocenters. The van der Waals surface area contributed by atoms with Gasteiger partial charge in [0.15, 0.2) is 0 Å². The largest absolute Gasteiger partial charge is 0.478 e. The van der Waals surface area contributed by atoms with Crippen molar-refractivity contribution in [2.24, 2.45) is 0 Å². The van der Waals surface area contributed by atoms with Crippen molar-refractivity contribution in [2.45, 2.75) is 32.4 Å². The molecule has 7 nitrogen and oxygen atoms in total. The molecule has 7 heteroatoms. The Morgan fingerprint density at radius 1 is 1.32 bits per heavy atom. The van der Waals surface area contributed by atoms with Crippen molar-refractivity contribution in [2.75, 3.05) is 19.7 Å². The molecule has 3 rings (SSSR count). The molecule has 1 atom stereocenters. The lowest BCUT2D eigenvalue weighted by molar-refractivity contribution is 0.0932. The lowest BCUT2D eigenvalue weighted by Gasteiger charge is -2.16. The number of carbonyl (C=O) groups excluding carboxylic acids is 1. The number of carbonyl (C=O) groups is 1. The first-order valence-corrected chi connectivity index (χ1v) is 8.61. The van der Waals surface area contributed by atoms with Crippen molar-refractivity contribution in [3.05, 3.63) is 48.2 Å². The van der Waals surface area contributed by atoms with Gasteiger partial charge in [-0.05, 0) is 18.4 Å². The highest BCUT2D eigenvalue weighted by Gasteiger charge is 2.24. The summed E-state index contributed by atoms with van der Waals surface area (Å²) in [6.45, 7) is 5.34. The average molecular weight is 341 g/mol. The van der Waals surface area contributed by atoms with E-state index >= 15 is 0 Å². The van der Waals surface area contributed by atoms with Gasteiger partial charge in [0, 0.05) is 50.3 Å². The quantitative estimate of drug-likeness (QED) is 0.825. The maximum absolute atomic E-state index is 12.1. The zero-order valence-electron chi connectivity index (χ0n) is 14.4. The van der Waals surface area contributed by atoms with Crippen LogP contribution in [0.4, 0.5) is 0 Å². The Morgan fingerprint density at radius 2 is 2.24 bits per heavy atom. The van der Waals surface area contributed by atoms with Crippen LogP contribution in [-0.2, 0) is 6.54 Å². The fourth-order valence-corrected chi connectivity index (χ4v) is 2.82. The first-order chi connectivity index (χ1) is 12.2. The topological polar surface area (TPSA) is 80.2 Å². The van der Waals surface area contributed by atoms with E-state index in [-0.39, 0.29) is 11.9 Å². The summed E-state index contributed by atoms with van der Waals surface area (Å²) in [5, 5.41) is 3.02. The number of rotatable bonds is 7. The Bertz CT molecular complexity index is 678. The van der Waals surface area contributed by atoms with Gasteiger partial charge in [-0.3, -0.25) is 14.7 Å². The molecule has 0 aromatic carbocycles. The monoisotopic (exact) mass is 341 g/mol. The van der Waals surface area contributed by atoms with Crippen LogP contribution >= 0.6 is 0 Å². The third kappa shape index (κ3) is 4.96. The molecule has 1 N–H and O–H groups in total. The van der Waals surface area contributed by atoms with Crippen molar-refractivity contribution >= 4 is 5.91 Å². The van der Waals surface area contributed by atoms with Crippen molar-refractivity contribution in [1.82, 2.24) is 25.2 Å². The zero-order valence-corrected chi connectivity index (χ0v) is 14.4. The van der Waals surface area contributed by atoms with E-state index in [4.69, 9.17) is 4.74 Å². The Balaban J connectivity index is 1.47. The molecule has 1 amide bonds. The molecule has 3 heterocycles. The molecule has 1 fully saturated rings. The summed E-state index contributed by atoms with van der Waals surface area (Å²) >= 11 is 0. The third-order valence-corrected chi connectivity index (χ3v) is 4.06. The number of nitrogens with zero attached hydrogens (tertiary/aromatic N) is 4. The number of ether oxygens (including phenoxy) is 1. The SMILES string of the molecule is CCCOc1ccc(CN2CCC(NC(=O)c3cnccn3)C2)cn1. The van der Waals surface area contributed by atoms with Crippen LogP contribution in [0.5, 0.6) is 5.88 Å². The minimum absolute atomic E-state index is 0.134. The molecule has 1 aliphatic rings. The molecule has 1 aliphatic heterocycles. The predicted molar refractivity (Wildman–Crippen MR) is 93.2 cm³/mol. The standard InChI is InChI=1S/C18H23N5O2/c1-2-9-25-17-4-3-14(10-21-17)12-23-8-5-15(13-23)22-18(24)16-11-19-6-7-20-16/h3-4,6-7,10-11,15H,2,5,8-9,12-13H2,1H3,(H,22,24). The molecule has 0 saturated carbocycles. The van der Waals surface area contributed by atoms with Crippen LogP contribution in [-0.4, -0.2) is 51.5 Å². The summed E-state index contributed by atoms with van der Waals surface area (Å²) < 4.78 is 5.50. The van der Waals surface area contributed by atoms with E-state index in [9.17, 15) is 4.79 Å². The van der Waals surface area contributed by atoms with Crippen LogP contribution in [0.2, 0.25) is 0 Å². The van der Waals surface area contributed by atoms with Gasteiger partial charge in [-0.2, -0.15) is 0 Å². The maximum atomic E-state index is 12.1. The van der Waals surface area contributed by atoms with E-state index in [0.29, 0.717) is 18.2 Å². The second-order valence-corrected chi connectivity index (χ2v) is 6.14. The molecule has 2 aromatic heterocycles. The molecule has 0 spiro atoms. The number of aromatic nitrogens is 3. The van der Waals surface area contributed by atoms with Crippen molar-refractivity contribution in [1.29, 1.82) is 0 Å². The van der Waals surface area contributed by atoms with Gasteiger partial charge in [0.05, 0.1) is 12.8 Å². The highest BCUT2D eigenvalue weighted by Crippen LogP contribution is 2.15. The molecule has 0 bridgehead atoms. The van der Waals surface area contributed by atoms with E-state index in [0.717, 1.165) is 38.0 Å². The summed E-state index contributed by atoms with van der Waals surface area (Å²) in [5.41, 5.74) is 1.50. The van der Waals surface area contributed by atoms with Crippen molar-refractivity contribution in [3.8, 4) is 5.88 Å². The van der Waals surface area contributed by atoms with Crippen LogP contribution in [0.15, 0.2) is 36.9 Å². The normalized spacial score (nSPS) is 17.4. The number of hydrogen-bond donors (Lipinski definition) is 1. The Morgan fingerprint density at radius 3 is 2.96 bits per heavy atom. The fraction of sp³-hybridized carbons (Fsp3) is 0.444. The van der Waals surface area contributed by atoms with Crippen LogP contribution in [0, 0.1) is 0 Å². The van der Waals surface area contributed by atoms with Gasteiger partial charge in [0.2, 0.25) is 5.88 Å². The van der Waals surface area contributed by atoms with Crippen molar-refractivity contribution in [3.63, 3.8) is 0 Å². The number of nitrogens with one attached hydrogen (secondary N) is 1. The minimum atomic E-state index is -0.168. The first kappa shape index (κ1) is 17.3. The summed E-state index contributed by atoms with van der Waals surface area (Å²) in [6, 6.07) is 4.09. The number of amides is 1. The number of hydrogen-bond acceptors (Lipinski definition) is 6. The zero-order chi connectivity index (χ0) is 17.5. The second-order valence-electron chi connectivity index (χ2n) is 6.14. The third-order valence-electron chi connectivity index (χ3n) is 4.06. The molecule has 2 aromatic rings. The summed E-state index contributed by atoms with van der Waals surface area (Å²) in [4.78, 5) is 26.7. The molecule has 25 heavy (non-hydrogen) atoms. The van der Waals surface area contributed by atoms with Gasteiger partial charge in [-0.25, -0.2) is 9.97 Å². The lowest BCUT2D eigenvalue weighted by Crippen LogP contribution is -2.37. The lowest BCUT2D eigenvalue weighted by atomic mass is 10.2. The van der Waals surface area contributed by atoms with Gasteiger partial charge < -0.3 is 10.1 Å². The highest BCUT2D eigenvalue weighted by atomic mass is 16.5. The van der Waals surface area contributed by atoms with E-state index in [2.05, 4.69) is 32.1 Å². The van der Waals surface area contributed by atoms with E-state index in [1.54, 1.807) is 6.20 Å². The highest BCUT2D eigenvalue weighted by molar-refractivity contribution is 5.92. The van der Waals surface area contributed by atoms with Gasteiger partial charge in [0.25, 0.3) is 5.91 Å². The van der Waals surface area contributed by atoms with E-state index in [1.165, 1.54) is 12.4 Å². The first-order valence-electron chi connectivity index (χ1n) is 8.61. The maximum Gasteiger partial charge on any atom is 0.271 e. The van der Waals surface area contributed by atoms with Crippen LogP contribution in [0.3, 0.4) is 0 Å². The van der Waals surface area contributed by atoms with E-state index < -0.39 is 0 Å².